The number of carbonyl (C=O) groups excluding carboxylic acids is 1. The summed E-state index contributed by atoms with van der Waals surface area (Å²) in [6, 6.07) is 23.0. The first-order chi connectivity index (χ1) is 23.3. The first-order valence-electron chi connectivity index (χ1n) is 15.5. The van der Waals surface area contributed by atoms with E-state index in [0.29, 0.717) is 38.6 Å². The topological polar surface area (TPSA) is 84.1 Å². The van der Waals surface area contributed by atoms with E-state index in [1.165, 1.54) is 23.5 Å². The highest BCUT2D eigenvalue weighted by Crippen LogP contribution is 2.41. The van der Waals surface area contributed by atoms with Crippen LogP contribution in [0.2, 0.25) is 0 Å². The normalized spacial score (nSPS) is 14.7. The molecule has 1 atom stereocenters. The maximum atomic E-state index is 14.6. The summed E-state index contributed by atoms with van der Waals surface area (Å²) in [7, 11) is 3.16. The summed E-state index contributed by atoms with van der Waals surface area (Å²) in [5.74, 6) is 0.298. The first-order valence-corrected chi connectivity index (χ1v) is 16.3. The van der Waals surface area contributed by atoms with Crippen LogP contribution in [0.25, 0.3) is 27.8 Å². The van der Waals surface area contributed by atoms with Crippen molar-refractivity contribution in [3.8, 4) is 11.5 Å². The molecule has 0 bridgehead atoms. The minimum atomic E-state index is -0.881. The van der Waals surface area contributed by atoms with Gasteiger partial charge in [0.2, 0.25) is 0 Å². The first kappa shape index (κ1) is 31.1. The smallest absolute Gasteiger partial charge is 0.338 e. The van der Waals surface area contributed by atoms with Gasteiger partial charge in [-0.15, -0.1) is 0 Å². The summed E-state index contributed by atoms with van der Waals surface area (Å²) in [6.07, 6.45) is 3.87. The molecule has 0 spiro atoms. The number of rotatable bonds is 8. The third kappa shape index (κ3) is 5.37. The van der Waals surface area contributed by atoms with Gasteiger partial charge in [-0.1, -0.05) is 53.8 Å². The molecule has 2 aromatic heterocycles. The molecule has 0 fully saturated rings. The van der Waals surface area contributed by atoms with E-state index in [2.05, 4.69) is 4.57 Å². The highest BCUT2D eigenvalue weighted by Gasteiger charge is 2.36. The van der Waals surface area contributed by atoms with Crippen LogP contribution in [0.4, 0.5) is 4.39 Å². The van der Waals surface area contributed by atoms with Crippen LogP contribution in [0.3, 0.4) is 0 Å². The molecule has 0 N–H and O–H groups in total. The molecule has 6 aromatic rings. The molecule has 8 nitrogen and oxygen atoms in total. The Labute approximate surface area is 279 Å². The third-order valence-corrected chi connectivity index (χ3v) is 9.60. The van der Waals surface area contributed by atoms with Gasteiger partial charge in [0.1, 0.15) is 23.4 Å². The molecular formula is C38H32FN3O5S. The van der Waals surface area contributed by atoms with Crippen molar-refractivity contribution in [1.29, 1.82) is 0 Å². The minimum absolute atomic E-state index is 0.162. The molecule has 7 rings (SSSR count). The summed E-state index contributed by atoms with van der Waals surface area (Å²) in [4.78, 5) is 33.4. The fourth-order valence-electron chi connectivity index (χ4n) is 6.40. The molecule has 10 heteroatoms. The number of aromatic nitrogens is 2. The zero-order valence-electron chi connectivity index (χ0n) is 26.8. The van der Waals surface area contributed by atoms with E-state index < -0.39 is 12.0 Å². The van der Waals surface area contributed by atoms with Gasteiger partial charge in [-0.25, -0.2) is 14.2 Å². The fraction of sp³-hybridized carbons (Fsp3) is 0.184. The summed E-state index contributed by atoms with van der Waals surface area (Å²) in [5, 5.41) is 2.63. The Morgan fingerprint density at radius 3 is 2.52 bits per heavy atom. The molecule has 0 radical (unpaired) electrons. The minimum Gasteiger partial charge on any atom is -0.497 e. The number of methoxy groups -OCH3 is 2. The molecule has 1 aliphatic rings. The Bertz CT molecular complexity index is 2430. The van der Waals surface area contributed by atoms with E-state index in [0.717, 1.165) is 32.8 Å². The van der Waals surface area contributed by atoms with E-state index in [1.807, 2.05) is 66.9 Å². The van der Waals surface area contributed by atoms with E-state index in [1.54, 1.807) is 44.8 Å². The second-order valence-corrected chi connectivity index (χ2v) is 12.4. The number of para-hydroxylation sites is 1. The lowest BCUT2D eigenvalue weighted by molar-refractivity contribution is -0.139. The number of esters is 1. The number of benzene rings is 4. The standard InChI is InChI=1S/C38H32FN3O5S/c1-5-47-37(44)33-22(2)40-38-42(35(33)34-29-19-27(45-3)16-12-24(29)13-17-31(34)46-4)36(43)32(48-38)18-25-21-41(30-9-7-6-8-28(25)30)20-23-10-14-26(39)15-11-23/h6-19,21,35H,5,20H2,1-4H3/b32-18-. The number of hydrogen-bond acceptors (Lipinski definition) is 7. The monoisotopic (exact) mass is 661 g/mol. The van der Waals surface area contributed by atoms with Gasteiger partial charge in [0.15, 0.2) is 4.80 Å². The van der Waals surface area contributed by atoms with Crippen molar-refractivity contribution in [2.45, 2.75) is 26.4 Å². The van der Waals surface area contributed by atoms with Gasteiger partial charge in [0.25, 0.3) is 5.56 Å². The molecular weight excluding hydrogens is 629 g/mol. The van der Waals surface area contributed by atoms with Crippen molar-refractivity contribution >= 4 is 45.1 Å². The molecule has 0 aliphatic carbocycles. The van der Waals surface area contributed by atoms with Crippen LogP contribution in [0.1, 0.15) is 36.6 Å². The van der Waals surface area contributed by atoms with E-state index in [4.69, 9.17) is 19.2 Å². The quantitative estimate of drug-likeness (QED) is 0.184. The average molecular weight is 662 g/mol. The van der Waals surface area contributed by atoms with Crippen LogP contribution >= 0.6 is 11.3 Å². The summed E-state index contributed by atoms with van der Waals surface area (Å²) >= 11 is 1.26. The average Bonchev–Trinajstić information content (AvgIpc) is 3.60. The molecule has 1 aliphatic heterocycles. The van der Waals surface area contributed by atoms with Crippen molar-refractivity contribution in [2.75, 3.05) is 20.8 Å². The van der Waals surface area contributed by atoms with Gasteiger partial charge in [-0.3, -0.25) is 9.36 Å². The van der Waals surface area contributed by atoms with Crippen LogP contribution in [0.15, 0.2) is 106 Å². The highest BCUT2D eigenvalue weighted by molar-refractivity contribution is 7.07. The Morgan fingerprint density at radius 1 is 1.00 bits per heavy atom. The Kier molecular flexibility index (Phi) is 8.18. The third-order valence-electron chi connectivity index (χ3n) is 8.61. The number of thiazole rings is 1. The van der Waals surface area contributed by atoms with E-state index >= 15 is 0 Å². The number of halogens is 1. The predicted molar refractivity (Wildman–Crippen MR) is 185 cm³/mol. The van der Waals surface area contributed by atoms with Crippen LogP contribution < -0.4 is 24.4 Å². The second kappa shape index (κ2) is 12.6. The number of ether oxygens (including phenoxy) is 3. The van der Waals surface area contributed by atoms with Gasteiger partial charge < -0.3 is 18.8 Å². The Morgan fingerprint density at radius 2 is 1.77 bits per heavy atom. The zero-order valence-corrected chi connectivity index (χ0v) is 27.6. The molecule has 0 amide bonds. The van der Waals surface area contributed by atoms with Crippen molar-refractivity contribution in [3.05, 3.63) is 139 Å². The fourth-order valence-corrected chi connectivity index (χ4v) is 7.44. The number of carbonyl (C=O) groups is 1. The zero-order chi connectivity index (χ0) is 33.5. The van der Waals surface area contributed by atoms with Crippen LogP contribution in [0, 0.1) is 5.82 Å². The van der Waals surface area contributed by atoms with Crippen molar-refractivity contribution in [1.82, 2.24) is 9.13 Å². The van der Waals surface area contributed by atoms with Gasteiger partial charge in [-0.05, 0) is 72.7 Å². The van der Waals surface area contributed by atoms with E-state index in [9.17, 15) is 14.0 Å². The van der Waals surface area contributed by atoms with Crippen LogP contribution in [-0.4, -0.2) is 35.9 Å². The van der Waals surface area contributed by atoms with Crippen LogP contribution in [0.5, 0.6) is 11.5 Å². The lowest BCUT2D eigenvalue weighted by Crippen LogP contribution is -2.40. The SMILES string of the molecule is CCOC(=O)C1=C(C)N=c2s/c(=C\c3cn(Cc4ccc(F)cc4)c4ccccc34)c(=O)n2C1c1c(OC)ccc2ccc(OC)cc12. The highest BCUT2D eigenvalue weighted by atomic mass is 32.1. The largest absolute Gasteiger partial charge is 0.497 e. The van der Waals surface area contributed by atoms with E-state index in [-0.39, 0.29) is 23.6 Å². The molecule has 0 saturated heterocycles. The lowest BCUT2D eigenvalue weighted by atomic mass is 9.90. The number of nitrogens with zero attached hydrogens (tertiary/aromatic N) is 3. The maximum absolute atomic E-state index is 14.6. The molecule has 48 heavy (non-hydrogen) atoms. The number of allylic oxidation sites excluding steroid dienone is 1. The van der Waals surface area contributed by atoms with Gasteiger partial charge in [-0.2, -0.15) is 0 Å². The Hall–Kier alpha value is -5.48. The van der Waals surface area contributed by atoms with Gasteiger partial charge in [0, 0.05) is 34.8 Å². The second-order valence-electron chi connectivity index (χ2n) is 11.4. The van der Waals surface area contributed by atoms with Crippen molar-refractivity contribution < 1.29 is 23.4 Å². The molecule has 4 aromatic carbocycles. The lowest BCUT2D eigenvalue weighted by Gasteiger charge is -2.27. The summed E-state index contributed by atoms with van der Waals surface area (Å²) in [5.41, 5.74) is 3.84. The van der Waals surface area contributed by atoms with Crippen LogP contribution in [-0.2, 0) is 16.1 Å². The molecule has 0 saturated carbocycles. The molecule has 242 valence electrons. The number of fused-ring (bicyclic) bond motifs is 3. The molecule has 3 heterocycles. The maximum Gasteiger partial charge on any atom is 0.338 e. The van der Waals surface area contributed by atoms with Crippen molar-refractivity contribution in [3.63, 3.8) is 0 Å². The Balaban J connectivity index is 1.46. The predicted octanol–water partition coefficient (Wildman–Crippen LogP) is 6.11. The molecule has 1 unspecified atom stereocenters. The van der Waals surface area contributed by atoms with Gasteiger partial charge in [0.05, 0.1) is 36.6 Å². The van der Waals surface area contributed by atoms with Crippen molar-refractivity contribution in [2.24, 2.45) is 4.99 Å². The van der Waals surface area contributed by atoms with Gasteiger partial charge >= 0.3 is 5.97 Å². The summed E-state index contributed by atoms with van der Waals surface area (Å²) in [6.45, 7) is 4.20. The summed E-state index contributed by atoms with van der Waals surface area (Å²) < 4.78 is 34.7. The number of hydrogen-bond donors (Lipinski definition) is 0.